The van der Waals surface area contributed by atoms with E-state index in [1.807, 2.05) is 6.92 Å². The van der Waals surface area contributed by atoms with Crippen molar-refractivity contribution in [2.24, 2.45) is 0 Å². The molecule has 1 aliphatic carbocycles. The summed E-state index contributed by atoms with van der Waals surface area (Å²) in [6.07, 6.45) is 2.06. The van der Waals surface area contributed by atoms with Crippen LogP contribution < -0.4 is 4.90 Å². The highest BCUT2D eigenvalue weighted by Gasteiger charge is 2.31. The Morgan fingerprint density at radius 2 is 2.29 bits per heavy atom. The Labute approximate surface area is 106 Å². The van der Waals surface area contributed by atoms with Crippen molar-refractivity contribution in [3.05, 3.63) is 10.6 Å². The van der Waals surface area contributed by atoms with E-state index in [9.17, 15) is 5.11 Å². The van der Waals surface area contributed by atoms with Gasteiger partial charge in [-0.1, -0.05) is 11.3 Å². The fourth-order valence-corrected chi connectivity index (χ4v) is 3.02. The summed E-state index contributed by atoms with van der Waals surface area (Å²) in [7, 11) is 1.72. The molecule has 0 spiro atoms. The van der Waals surface area contributed by atoms with Gasteiger partial charge >= 0.3 is 0 Å². The first-order valence-electron chi connectivity index (χ1n) is 6.04. The van der Waals surface area contributed by atoms with Gasteiger partial charge in [-0.25, -0.2) is 4.98 Å². The van der Waals surface area contributed by atoms with Crippen LogP contribution in [0.25, 0.3) is 0 Å². The highest BCUT2D eigenvalue weighted by Crippen LogP contribution is 2.36. The number of nitrogens with zero attached hydrogens (tertiary/aromatic N) is 2. The van der Waals surface area contributed by atoms with Gasteiger partial charge in [0, 0.05) is 19.7 Å². The molecule has 0 saturated heterocycles. The molecule has 0 bridgehead atoms. The zero-order chi connectivity index (χ0) is 12.4. The van der Waals surface area contributed by atoms with Crippen molar-refractivity contribution in [2.75, 3.05) is 25.2 Å². The van der Waals surface area contributed by atoms with Gasteiger partial charge in [0.15, 0.2) is 5.13 Å². The van der Waals surface area contributed by atoms with E-state index in [2.05, 4.69) is 9.88 Å². The van der Waals surface area contributed by atoms with Crippen LogP contribution in [0.15, 0.2) is 0 Å². The van der Waals surface area contributed by atoms with Gasteiger partial charge in [0.25, 0.3) is 0 Å². The molecule has 0 aliphatic heterocycles. The van der Waals surface area contributed by atoms with Crippen LogP contribution in [0.2, 0.25) is 0 Å². The number of rotatable bonds is 6. The van der Waals surface area contributed by atoms with Gasteiger partial charge in [-0.05, 0) is 26.7 Å². The topological polar surface area (TPSA) is 45.6 Å². The third-order valence-corrected chi connectivity index (χ3v) is 4.34. The number of ether oxygens (including phenoxy) is 1. The summed E-state index contributed by atoms with van der Waals surface area (Å²) < 4.78 is 5.14. The van der Waals surface area contributed by atoms with Crippen LogP contribution >= 0.6 is 11.3 Å². The Balaban J connectivity index is 2.14. The fourth-order valence-electron chi connectivity index (χ4n) is 1.91. The molecule has 17 heavy (non-hydrogen) atoms. The number of methoxy groups -OCH3 is 1. The van der Waals surface area contributed by atoms with Gasteiger partial charge in [-0.2, -0.15) is 0 Å². The van der Waals surface area contributed by atoms with Crippen molar-refractivity contribution >= 4 is 16.5 Å². The Hall–Kier alpha value is -0.650. The van der Waals surface area contributed by atoms with Crippen LogP contribution in [-0.2, 0) is 4.74 Å². The average Bonchev–Trinajstić information content (AvgIpc) is 3.02. The fraction of sp³-hybridized carbons (Fsp3) is 0.750. The lowest BCUT2D eigenvalue weighted by molar-refractivity contribution is 0.202. The standard InChI is InChI=1S/C12H20N2O2S/c1-8-11(9(2)15)17-12(13-8)14(6-7-16-3)10-4-5-10/h9-10,15H,4-7H2,1-3H3. The molecule has 4 nitrogen and oxygen atoms in total. The van der Waals surface area contributed by atoms with Crippen molar-refractivity contribution in [1.29, 1.82) is 0 Å². The summed E-state index contributed by atoms with van der Waals surface area (Å²) in [6.45, 7) is 5.36. The van der Waals surface area contributed by atoms with E-state index in [1.54, 1.807) is 25.4 Å². The number of hydrogen-bond donors (Lipinski definition) is 1. The monoisotopic (exact) mass is 256 g/mol. The predicted molar refractivity (Wildman–Crippen MR) is 69.7 cm³/mol. The Bertz CT molecular complexity index is 375. The summed E-state index contributed by atoms with van der Waals surface area (Å²) in [5.74, 6) is 0. The van der Waals surface area contributed by atoms with Crippen molar-refractivity contribution in [3.8, 4) is 0 Å². The van der Waals surface area contributed by atoms with Crippen molar-refractivity contribution in [3.63, 3.8) is 0 Å². The third-order valence-electron chi connectivity index (χ3n) is 2.97. The minimum Gasteiger partial charge on any atom is -0.388 e. The second-order valence-corrected chi connectivity index (χ2v) is 5.55. The van der Waals surface area contributed by atoms with Crippen molar-refractivity contribution in [2.45, 2.75) is 38.8 Å². The molecule has 0 radical (unpaired) electrons. The van der Waals surface area contributed by atoms with E-state index in [0.717, 1.165) is 28.9 Å². The molecule has 1 saturated carbocycles. The number of aromatic nitrogens is 1. The minimum atomic E-state index is -0.426. The molecule has 0 amide bonds. The minimum absolute atomic E-state index is 0.426. The lowest BCUT2D eigenvalue weighted by atomic mass is 10.3. The molecule has 1 atom stereocenters. The molecule has 2 rings (SSSR count). The second kappa shape index (κ2) is 5.33. The van der Waals surface area contributed by atoms with Crippen molar-refractivity contribution < 1.29 is 9.84 Å². The molecule has 1 N–H and O–H groups in total. The molecule has 96 valence electrons. The van der Waals surface area contributed by atoms with Gasteiger partial charge in [-0.3, -0.25) is 0 Å². The quantitative estimate of drug-likeness (QED) is 0.847. The first-order valence-corrected chi connectivity index (χ1v) is 6.86. The van der Waals surface area contributed by atoms with Gasteiger partial charge in [0.1, 0.15) is 0 Å². The number of hydrogen-bond acceptors (Lipinski definition) is 5. The van der Waals surface area contributed by atoms with E-state index in [1.165, 1.54) is 12.8 Å². The number of thiazole rings is 1. The molecule has 5 heteroatoms. The van der Waals surface area contributed by atoms with Gasteiger partial charge in [0.05, 0.1) is 23.3 Å². The highest BCUT2D eigenvalue weighted by molar-refractivity contribution is 7.15. The molecule has 1 unspecified atom stereocenters. The molecule has 1 heterocycles. The maximum absolute atomic E-state index is 9.66. The highest BCUT2D eigenvalue weighted by atomic mass is 32.1. The number of aryl methyl sites for hydroxylation is 1. The summed E-state index contributed by atoms with van der Waals surface area (Å²) in [5, 5.41) is 10.7. The Kier molecular flexibility index (Phi) is 4.01. The Morgan fingerprint density at radius 3 is 2.76 bits per heavy atom. The molecule has 0 aromatic carbocycles. The summed E-state index contributed by atoms with van der Waals surface area (Å²) >= 11 is 1.60. The average molecular weight is 256 g/mol. The summed E-state index contributed by atoms with van der Waals surface area (Å²) in [4.78, 5) is 7.86. The van der Waals surface area contributed by atoms with Crippen LogP contribution in [0.3, 0.4) is 0 Å². The van der Waals surface area contributed by atoms with Gasteiger partial charge in [0.2, 0.25) is 0 Å². The summed E-state index contributed by atoms with van der Waals surface area (Å²) in [5.41, 5.74) is 0.947. The van der Waals surface area contributed by atoms with Crippen LogP contribution in [0.5, 0.6) is 0 Å². The van der Waals surface area contributed by atoms with Crippen LogP contribution in [0, 0.1) is 6.92 Å². The molecule has 1 aromatic heterocycles. The van der Waals surface area contributed by atoms with E-state index >= 15 is 0 Å². The predicted octanol–water partition coefficient (Wildman–Crippen LogP) is 2.12. The molecular weight excluding hydrogens is 236 g/mol. The number of anilines is 1. The Morgan fingerprint density at radius 1 is 1.59 bits per heavy atom. The lowest BCUT2D eigenvalue weighted by Gasteiger charge is -2.20. The van der Waals surface area contributed by atoms with E-state index < -0.39 is 6.10 Å². The van der Waals surface area contributed by atoms with Crippen LogP contribution in [-0.4, -0.2) is 36.4 Å². The van der Waals surface area contributed by atoms with E-state index in [-0.39, 0.29) is 0 Å². The SMILES string of the molecule is COCCN(c1nc(C)c(C(C)O)s1)C1CC1. The molecular formula is C12H20N2O2S. The first-order chi connectivity index (χ1) is 8.13. The van der Waals surface area contributed by atoms with E-state index in [0.29, 0.717) is 6.04 Å². The molecule has 1 fully saturated rings. The van der Waals surface area contributed by atoms with Gasteiger partial charge in [-0.15, -0.1) is 0 Å². The van der Waals surface area contributed by atoms with Crippen molar-refractivity contribution in [1.82, 2.24) is 4.98 Å². The lowest BCUT2D eigenvalue weighted by Crippen LogP contribution is -2.29. The summed E-state index contributed by atoms with van der Waals surface area (Å²) in [6, 6.07) is 0.623. The number of aliphatic hydroxyl groups is 1. The zero-order valence-electron chi connectivity index (χ0n) is 10.6. The van der Waals surface area contributed by atoms with Crippen LogP contribution in [0.4, 0.5) is 5.13 Å². The van der Waals surface area contributed by atoms with Crippen LogP contribution in [0.1, 0.15) is 36.4 Å². The third kappa shape index (κ3) is 2.97. The maximum atomic E-state index is 9.66. The second-order valence-electron chi connectivity index (χ2n) is 4.54. The number of aliphatic hydroxyl groups excluding tert-OH is 1. The first kappa shape index (κ1) is 12.8. The molecule has 1 aromatic rings. The zero-order valence-corrected chi connectivity index (χ0v) is 11.5. The molecule has 1 aliphatic rings. The maximum Gasteiger partial charge on any atom is 0.186 e. The van der Waals surface area contributed by atoms with Gasteiger partial charge < -0.3 is 14.7 Å². The van der Waals surface area contributed by atoms with E-state index in [4.69, 9.17) is 4.74 Å². The normalized spacial score (nSPS) is 17.2. The smallest absolute Gasteiger partial charge is 0.186 e. The largest absolute Gasteiger partial charge is 0.388 e.